The van der Waals surface area contributed by atoms with Crippen LogP contribution in [0.15, 0.2) is 12.2 Å². The van der Waals surface area contributed by atoms with Crippen molar-refractivity contribution in [2.45, 2.75) is 147 Å². The van der Waals surface area contributed by atoms with Crippen molar-refractivity contribution >= 4 is 19.8 Å². The minimum atomic E-state index is -4.39. The van der Waals surface area contributed by atoms with Crippen LogP contribution in [0.3, 0.4) is 0 Å². The zero-order valence-corrected chi connectivity index (χ0v) is 30.4. The number of unbranched alkanes of at least 4 members (excludes halogenated alkanes) is 10. The van der Waals surface area contributed by atoms with E-state index in [0.717, 1.165) is 51.4 Å². The second-order valence-electron chi connectivity index (χ2n) is 13.6. The molecule has 1 fully saturated rings. The third kappa shape index (κ3) is 24.8. The molecule has 5 atom stereocenters. The van der Waals surface area contributed by atoms with Gasteiger partial charge in [-0.25, -0.2) is 4.57 Å². The predicted octanol–water partition coefficient (Wildman–Crippen LogP) is 6.60. The topological polar surface area (TPSA) is 147 Å². The lowest BCUT2D eigenvalue weighted by Crippen LogP contribution is -2.37. The number of carbonyl (C=O) groups excluding carboxylic acids is 2. The summed E-state index contributed by atoms with van der Waals surface area (Å²) in [5, 5.41) is 0. The summed E-state index contributed by atoms with van der Waals surface area (Å²) in [6, 6.07) is -0.506. The molecule has 270 valence electrons. The number of nitrogens with two attached hydrogens (primary N) is 1. The number of esters is 2. The zero-order valence-electron chi connectivity index (χ0n) is 29.5. The largest absolute Gasteiger partial charge is 0.472 e. The maximum Gasteiger partial charge on any atom is 0.472 e. The number of phosphoric ester groups is 1. The lowest BCUT2D eigenvalue weighted by molar-refractivity contribution is -0.870. The van der Waals surface area contributed by atoms with Crippen LogP contribution in [0.2, 0.25) is 0 Å². The van der Waals surface area contributed by atoms with Gasteiger partial charge in [0.1, 0.15) is 19.8 Å². The van der Waals surface area contributed by atoms with E-state index in [9.17, 15) is 19.0 Å². The van der Waals surface area contributed by atoms with E-state index in [1.807, 2.05) is 33.3 Å². The van der Waals surface area contributed by atoms with Crippen molar-refractivity contribution in [2.24, 2.45) is 5.73 Å². The molecule has 0 aliphatic carbocycles. The van der Waals surface area contributed by atoms with Crippen LogP contribution in [-0.4, -0.2) is 93.2 Å². The molecule has 11 nitrogen and oxygen atoms in total. The molecular weight excluding hydrogens is 611 g/mol. The average Bonchev–Trinajstić information content (AvgIpc) is 3.73. The third-order valence-corrected chi connectivity index (χ3v) is 8.81. The number of nitrogens with zero attached hydrogens (tertiary/aromatic N) is 1. The summed E-state index contributed by atoms with van der Waals surface area (Å²) < 4.78 is 39.6. The molecule has 1 saturated heterocycles. The monoisotopic (exact) mass is 677 g/mol. The Kier molecular flexibility index (Phi) is 23.0. The molecule has 1 rings (SSSR count). The maximum atomic E-state index is 12.5. The summed E-state index contributed by atoms with van der Waals surface area (Å²) in [7, 11) is 1.39. The van der Waals surface area contributed by atoms with Crippen molar-refractivity contribution in [1.82, 2.24) is 0 Å². The van der Waals surface area contributed by atoms with Gasteiger partial charge in [0.15, 0.2) is 6.10 Å². The summed E-state index contributed by atoms with van der Waals surface area (Å²) in [5.74, 6) is -1.03. The Bertz CT molecular complexity index is 896. The SMILES string of the molecule is CCCCCCCCCC(=O)O[C@@H](COC(=O)CC(N)/C=C\CCCCC[C@H]1O[C@@H]1CCCC)COP(=O)(O)OCC[N+](C)(C)C. The first-order valence-electron chi connectivity index (χ1n) is 17.7. The molecule has 3 N–H and O–H groups in total. The summed E-state index contributed by atoms with van der Waals surface area (Å²) in [4.78, 5) is 35.1. The van der Waals surface area contributed by atoms with Gasteiger partial charge >= 0.3 is 19.8 Å². The summed E-state index contributed by atoms with van der Waals surface area (Å²) >= 11 is 0. The van der Waals surface area contributed by atoms with Gasteiger partial charge in [0.05, 0.1) is 46.4 Å². The van der Waals surface area contributed by atoms with Crippen LogP contribution in [0.4, 0.5) is 0 Å². The average molecular weight is 678 g/mol. The molecule has 46 heavy (non-hydrogen) atoms. The molecule has 0 bridgehead atoms. The lowest BCUT2D eigenvalue weighted by Gasteiger charge is -2.24. The summed E-state index contributed by atoms with van der Waals surface area (Å²) in [6.45, 7) is 4.11. The van der Waals surface area contributed by atoms with Gasteiger partial charge in [-0.15, -0.1) is 0 Å². The standard InChI is InChI=1S/C34H65N2O9P/c1-6-8-10-11-12-16-19-23-33(37)44-30(28-43-46(39,40)42-25-24-36(3,4)5)27-41-34(38)26-29(35)20-17-14-13-15-18-22-32-31(45-32)21-9-7-2/h17,20,29-32H,6-16,18-19,21-28,35H2,1-5H3/p+1/b20-17-/t29?,30-,31+,32+/m0/s1. The fourth-order valence-corrected chi connectivity index (χ4v) is 5.63. The Labute approximate surface area is 279 Å². The van der Waals surface area contributed by atoms with Crippen molar-refractivity contribution in [2.75, 3.05) is 47.5 Å². The van der Waals surface area contributed by atoms with Gasteiger partial charge < -0.3 is 29.3 Å². The van der Waals surface area contributed by atoms with Crippen molar-refractivity contribution < 1.29 is 46.8 Å². The molecule has 0 aromatic rings. The van der Waals surface area contributed by atoms with Crippen molar-refractivity contribution in [1.29, 1.82) is 0 Å². The number of quaternary nitrogens is 1. The van der Waals surface area contributed by atoms with Crippen molar-refractivity contribution in [3.05, 3.63) is 12.2 Å². The highest BCUT2D eigenvalue weighted by molar-refractivity contribution is 7.47. The number of hydrogen-bond acceptors (Lipinski definition) is 9. The van der Waals surface area contributed by atoms with Crippen LogP contribution < -0.4 is 5.73 Å². The fraction of sp³-hybridized carbons (Fsp3) is 0.882. The minimum absolute atomic E-state index is 0.00928. The van der Waals surface area contributed by atoms with Crippen LogP contribution in [0.5, 0.6) is 0 Å². The quantitative estimate of drug-likeness (QED) is 0.0213. The molecule has 0 saturated carbocycles. The molecule has 1 aliphatic heterocycles. The van der Waals surface area contributed by atoms with Gasteiger partial charge in [-0.2, -0.15) is 0 Å². The highest BCUT2D eigenvalue weighted by Crippen LogP contribution is 2.43. The van der Waals surface area contributed by atoms with Gasteiger partial charge in [-0.05, 0) is 32.1 Å². The molecule has 0 spiro atoms. The molecule has 0 amide bonds. The Hall–Kier alpha value is -1.33. The normalized spacial score (nSPS) is 19.1. The number of likely N-dealkylation sites (N-methyl/N-ethyl adjacent to an activating group) is 1. The summed E-state index contributed by atoms with van der Waals surface area (Å²) in [6.07, 6.45) is 20.2. The number of rotatable bonds is 30. The molecule has 0 aromatic carbocycles. The van der Waals surface area contributed by atoms with Crippen LogP contribution in [0.1, 0.15) is 123 Å². The second-order valence-corrected chi connectivity index (χ2v) is 15.0. The Morgan fingerprint density at radius 1 is 0.870 bits per heavy atom. The Morgan fingerprint density at radius 3 is 2.17 bits per heavy atom. The number of phosphoric acid groups is 1. The smallest absolute Gasteiger partial charge is 0.462 e. The predicted molar refractivity (Wildman–Crippen MR) is 181 cm³/mol. The number of ether oxygens (including phenoxy) is 3. The first-order chi connectivity index (χ1) is 21.8. The number of carbonyl (C=O) groups is 2. The Balaban J connectivity index is 2.41. The highest BCUT2D eigenvalue weighted by Gasteiger charge is 2.36. The van der Waals surface area contributed by atoms with Gasteiger partial charge in [0.2, 0.25) is 0 Å². The zero-order chi connectivity index (χ0) is 34.3. The number of epoxide rings is 1. The van der Waals surface area contributed by atoms with E-state index in [-0.39, 0.29) is 26.1 Å². The molecule has 1 heterocycles. The van der Waals surface area contributed by atoms with E-state index in [2.05, 4.69) is 13.8 Å². The van der Waals surface area contributed by atoms with Gasteiger partial charge in [0, 0.05) is 12.5 Å². The molecule has 0 aromatic heterocycles. The Morgan fingerprint density at radius 2 is 1.50 bits per heavy atom. The minimum Gasteiger partial charge on any atom is -0.462 e. The number of allylic oxidation sites excluding steroid dienone is 1. The third-order valence-electron chi connectivity index (χ3n) is 7.83. The number of hydrogen-bond donors (Lipinski definition) is 2. The molecule has 2 unspecified atom stereocenters. The van der Waals surface area contributed by atoms with Gasteiger partial charge in [-0.1, -0.05) is 90.2 Å². The van der Waals surface area contributed by atoms with E-state index in [1.54, 1.807) is 0 Å². The first kappa shape index (κ1) is 42.7. The van der Waals surface area contributed by atoms with E-state index in [4.69, 9.17) is 29.0 Å². The summed E-state index contributed by atoms with van der Waals surface area (Å²) in [5.41, 5.74) is 6.10. The van der Waals surface area contributed by atoms with E-state index in [1.165, 1.54) is 38.5 Å². The fourth-order valence-electron chi connectivity index (χ4n) is 4.89. The van der Waals surface area contributed by atoms with Gasteiger partial charge in [-0.3, -0.25) is 18.6 Å². The molecule has 12 heteroatoms. The van der Waals surface area contributed by atoms with Crippen LogP contribution in [0.25, 0.3) is 0 Å². The van der Waals surface area contributed by atoms with Crippen molar-refractivity contribution in [3.63, 3.8) is 0 Å². The van der Waals surface area contributed by atoms with Gasteiger partial charge in [0.25, 0.3) is 0 Å². The molecule has 1 aliphatic rings. The van der Waals surface area contributed by atoms with E-state index >= 15 is 0 Å². The van der Waals surface area contributed by atoms with E-state index < -0.39 is 38.5 Å². The first-order valence-corrected chi connectivity index (χ1v) is 19.2. The molecular formula is C34H66N2O9P+. The lowest BCUT2D eigenvalue weighted by atomic mass is 10.1. The van der Waals surface area contributed by atoms with Crippen LogP contribution in [-0.2, 0) is 37.4 Å². The van der Waals surface area contributed by atoms with Crippen LogP contribution >= 0.6 is 7.82 Å². The molecule has 0 radical (unpaired) electrons. The van der Waals surface area contributed by atoms with Crippen molar-refractivity contribution in [3.8, 4) is 0 Å². The maximum absolute atomic E-state index is 12.5. The van der Waals surface area contributed by atoms with E-state index in [0.29, 0.717) is 29.7 Å². The van der Waals surface area contributed by atoms with Crippen LogP contribution in [0, 0.1) is 0 Å². The second kappa shape index (κ2) is 24.8. The highest BCUT2D eigenvalue weighted by atomic mass is 31.2.